The fraction of sp³-hybridized carbons (Fsp3) is 0. The van der Waals surface area contributed by atoms with E-state index in [1.54, 1.807) is 0 Å². The summed E-state index contributed by atoms with van der Waals surface area (Å²) in [5.74, 6) is -3.15. The zero-order valence-electron chi connectivity index (χ0n) is 8.54. The van der Waals surface area contributed by atoms with Crippen LogP contribution in [0.1, 0.15) is 20.7 Å². The number of rotatable bonds is 3. The van der Waals surface area contributed by atoms with Crippen molar-refractivity contribution in [3.8, 4) is 0 Å². The van der Waals surface area contributed by atoms with Crippen molar-refractivity contribution in [2.45, 2.75) is 4.90 Å². The zero-order valence-corrected chi connectivity index (χ0v) is 11.4. The molecule has 3 N–H and O–H groups in total. The molecule has 0 heterocycles. The molecule has 0 amide bonds. The minimum atomic E-state index is -4.73. The third kappa shape index (κ3) is 3.79. The molecule has 1 aromatic rings. The Hall–Kier alpha value is -0.930. The molecule has 0 fully saturated rings. The molecule has 0 aliphatic rings. The molecule has 1 rings (SSSR count). The van der Waals surface area contributed by atoms with Gasteiger partial charge in [-0.2, -0.15) is 0 Å². The standard InChI is InChI=1S/C8H5O7S.Na/c9-7(10)4-1-2-6(16(13,14)15)5(3-4)8(11)12;/h1-2H,(H,9,10)(H,11,12)(H,13,14,15);/q-1;+1. The number of hydrogen-bond donors (Lipinski definition) is 3. The van der Waals surface area contributed by atoms with E-state index in [-0.39, 0.29) is 29.6 Å². The first-order chi connectivity index (χ1) is 7.23. The Morgan fingerprint density at radius 1 is 1.12 bits per heavy atom. The second kappa shape index (κ2) is 5.61. The van der Waals surface area contributed by atoms with E-state index < -0.39 is 38.1 Å². The molecule has 0 spiro atoms. The maximum atomic E-state index is 10.8. The van der Waals surface area contributed by atoms with Crippen LogP contribution >= 0.6 is 0 Å². The van der Waals surface area contributed by atoms with Gasteiger partial charge >= 0.3 is 29.6 Å². The summed E-state index contributed by atoms with van der Waals surface area (Å²) in [6.07, 6.45) is 0. The number of carboxylic acid groups (broad SMARTS) is 2. The molecule has 0 aliphatic carbocycles. The largest absolute Gasteiger partial charge is 1.00 e. The van der Waals surface area contributed by atoms with Crippen molar-refractivity contribution in [2.75, 3.05) is 0 Å². The summed E-state index contributed by atoms with van der Waals surface area (Å²) >= 11 is 0. The Labute approximate surface area is 118 Å². The Morgan fingerprint density at radius 3 is 2.00 bits per heavy atom. The number of carbonyl (C=O) groups is 2. The molecule has 9 heteroatoms. The summed E-state index contributed by atoms with van der Waals surface area (Å²) in [5, 5.41) is 17.2. The van der Waals surface area contributed by atoms with Gasteiger partial charge in [0.25, 0.3) is 22.1 Å². The first-order valence-corrected chi connectivity index (χ1v) is 5.18. The summed E-state index contributed by atoms with van der Waals surface area (Å²) in [7, 11) is -4.73. The first-order valence-electron chi connectivity index (χ1n) is 3.74. The van der Waals surface area contributed by atoms with Crippen molar-refractivity contribution in [3.05, 3.63) is 29.3 Å². The van der Waals surface area contributed by atoms with E-state index in [1.165, 1.54) is 0 Å². The normalized spacial score (nSPS) is 10.4. The summed E-state index contributed by atoms with van der Waals surface area (Å²) in [4.78, 5) is 20.2. The molecule has 7 nitrogen and oxygen atoms in total. The van der Waals surface area contributed by atoms with Crippen molar-refractivity contribution in [1.29, 1.82) is 0 Å². The molecule has 17 heavy (non-hydrogen) atoms. The number of hydrogen-bond acceptors (Lipinski definition) is 4. The molecule has 1 aromatic carbocycles. The molecule has 0 aliphatic heterocycles. The summed E-state index contributed by atoms with van der Waals surface area (Å²) < 4.78 is 30.2. The molecule has 0 saturated carbocycles. The molecule has 0 unspecified atom stereocenters. The Balaban J connectivity index is 0.00000256. The van der Waals surface area contributed by atoms with E-state index in [1.807, 2.05) is 6.07 Å². The maximum Gasteiger partial charge on any atom is 1.00 e. The van der Waals surface area contributed by atoms with Crippen LogP contribution in [0.2, 0.25) is 0 Å². The summed E-state index contributed by atoms with van der Waals surface area (Å²) in [5.41, 5.74) is -1.42. The molecular weight excluding hydrogens is 263 g/mol. The van der Waals surface area contributed by atoms with E-state index in [0.717, 1.165) is 6.07 Å². The number of carboxylic acids is 2. The van der Waals surface area contributed by atoms with Crippen molar-refractivity contribution in [1.82, 2.24) is 0 Å². The predicted octanol–water partition coefficient (Wildman–Crippen LogP) is -2.87. The van der Waals surface area contributed by atoms with Crippen LogP contribution in [0, 0.1) is 6.07 Å². The van der Waals surface area contributed by atoms with Gasteiger partial charge in [-0.3, -0.25) is 14.1 Å². The van der Waals surface area contributed by atoms with Crippen LogP contribution in [0.25, 0.3) is 0 Å². The fourth-order valence-electron chi connectivity index (χ4n) is 0.979. The van der Waals surface area contributed by atoms with Crippen LogP contribution in [-0.2, 0) is 10.1 Å². The fourth-order valence-corrected chi connectivity index (χ4v) is 1.62. The average molecular weight is 268 g/mol. The van der Waals surface area contributed by atoms with Gasteiger partial charge in [-0.25, -0.2) is 8.42 Å². The SMILES string of the molecule is O=C(O)c1[c-]c(C(=O)O)c(S(=O)(=O)O)cc1.[Na+]. The minimum Gasteiger partial charge on any atom is -0.513 e. The van der Waals surface area contributed by atoms with Crippen molar-refractivity contribution in [2.24, 2.45) is 0 Å². The quantitative estimate of drug-likeness (QED) is 0.305. The minimum absolute atomic E-state index is 0. The summed E-state index contributed by atoms with van der Waals surface area (Å²) in [6.45, 7) is 0. The molecule has 0 aromatic heterocycles. The molecule has 0 radical (unpaired) electrons. The first kappa shape index (κ1) is 16.1. The van der Waals surface area contributed by atoms with Gasteiger partial charge < -0.3 is 10.2 Å². The van der Waals surface area contributed by atoms with Crippen LogP contribution in [0.15, 0.2) is 17.0 Å². The second-order valence-corrected chi connectivity index (χ2v) is 4.09. The van der Waals surface area contributed by atoms with Crippen molar-refractivity contribution in [3.63, 3.8) is 0 Å². The third-order valence-corrected chi connectivity index (χ3v) is 2.53. The molecule has 0 saturated heterocycles. The van der Waals surface area contributed by atoms with Crippen LogP contribution in [0.4, 0.5) is 0 Å². The molecular formula is C8H5NaO7S. The van der Waals surface area contributed by atoms with E-state index in [4.69, 9.17) is 14.8 Å². The third-order valence-electron chi connectivity index (χ3n) is 1.63. The van der Waals surface area contributed by atoms with Crippen LogP contribution in [0.5, 0.6) is 0 Å². The topological polar surface area (TPSA) is 129 Å². The molecule has 0 atom stereocenters. The van der Waals surface area contributed by atoms with E-state index in [2.05, 4.69) is 0 Å². The van der Waals surface area contributed by atoms with Crippen LogP contribution < -0.4 is 29.6 Å². The van der Waals surface area contributed by atoms with E-state index in [0.29, 0.717) is 6.07 Å². The second-order valence-electron chi connectivity index (χ2n) is 2.70. The van der Waals surface area contributed by atoms with Crippen LogP contribution in [0.3, 0.4) is 0 Å². The van der Waals surface area contributed by atoms with Gasteiger partial charge in [0.05, 0.1) is 0 Å². The van der Waals surface area contributed by atoms with E-state index >= 15 is 0 Å². The van der Waals surface area contributed by atoms with Gasteiger partial charge in [0, 0.05) is 4.90 Å². The smallest absolute Gasteiger partial charge is 0.513 e. The number of aromatic carboxylic acids is 2. The van der Waals surface area contributed by atoms with Gasteiger partial charge in [-0.05, 0) is 11.1 Å². The average Bonchev–Trinajstić information content (AvgIpc) is 2.15. The Morgan fingerprint density at radius 2 is 1.65 bits per heavy atom. The van der Waals surface area contributed by atoms with Gasteiger partial charge in [-0.15, -0.1) is 18.2 Å². The predicted molar refractivity (Wildman–Crippen MR) is 49.0 cm³/mol. The van der Waals surface area contributed by atoms with Gasteiger partial charge in [0.2, 0.25) is 0 Å². The summed E-state index contributed by atoms with van der Waals surface area (Å²) in [6, 6.07) is 3.40. The van der Waals surface area contributed by atoms with E-state index in [9.17, 15) is 18.0 Å². The maximum absolute atomic E-state index is 10.8. The van der Waals surface area contributed by atoms with Gasteiger partial charge in [-0.1, -0.05) is 0 Å². The van der Waals surface area contributed by atoms with Crippen molar-refractivity contribution < 1.29 is 62.3 Å². The Kier molecular flexibility index (Phi) is 5.30. The van der Waals surface area contributed by atoms with Gasteiger partial charge in [0.15, 0.2) is 0 Å². The molecule has 0 bridgehead atoms. The Bertz CT molecular complexity index is 563. The van der Waals surface area contributed by atoms with Crippen LogP contribution in [-0.4, -0.2) is 35.1 Å². The number of benzene rings is 1. The monoisotopic (exact) mass is 268 g/mol. The van der Waals surface area contributed by atoms with Crippen molar-refractivity contribution >= 4 is 22.1 Å². The van der Waals surface area contributed by atoms with Gasteiger partial charge in [0.1, 0.15) is 0 Å². The molecule has 86 valence electrons. The zero-order chi connectivity index (χ0) is 12.5.